The lowest BCUT2D eigenvalue weighted by Gasteiger charge is -2.17. The van der Waals surface area contributed by atoms with Crippen molar-refractivity contribution in [2.75, 3.05) is 0 Å². The van der Waals surface area contributed by atoms with Gasteiger partial charge in [0.2, 0.25) is 0 Å². The molecule has 0 aromatic heterocycles. The van der Waals surface area contributed by atoms with E-state index in [9.17, 15) is 0 Å². The maximum atomic E-state index is 6.16. The Morgan fingerprint density at radius 1 is 0.917 bits per heavy atom. The fourth-order valence-electron chi connectivity index (χ4n) is 2.79. The molecule has 0 aliphatic carbocycles. The smallest absolute Gasteiger partial charge is 0.124 e. The van der Waals surface area contributed by atoms with Crippen LogP contribution in [0.15, 0.2) is 66.7 Å². The van der Waals surface area contributed by atoms with Crippen molar-refractivity contribution in [3.05, 3.63) is 77.9 Å². The van der Waals surface area contributed by atoms with E-state index in [-0.39, 0.29) is 0 Å². The average molecular weight is 319 g/mol. The number of ether oxygens (including phenoxy) is 1. The zero-order chi connectivity index (χ0) is 16.8. The summed E-state index contributed by atoms with van der Waals surface area (Å²) < 4.78 is 6.16. The lowest BCUT2D eigenvalue weighted by atomic mass is 10.0. The predicted molar refractivity (Wildman–Crippen MR) is 101 cm³/mol. The van der Waals surface area contributed by atoms with Gasteiger partial charge in [-0.3, -0.25) is 0 Å². The monoisotopic (exact) mass is 319 g/mol. The summed E-state index contributed by atoms with van der Waals surface area (Å²) in [4.78, 5) is 0. The highest BCUT2D eigenvalue weighted by atomic mass is 16.5. The van der Waals surface area contributed by atoms with Crippen molar-refractivity contribution in [1.82, 2.24) is 5.32 Å². The van der Waals surface area contributed by atoms with Crippen LogP contribution in [0.1, 0.15) is 31.4 Å². The molecule has 3 aromatic rings. The highest BCUT2D eigenvalue weighted by molar-refractivity contribution is 5.87. The van der Waals surface area contributed by atoms with Crippen LogP contribution >= 0.6 is 0 Å². The Morgan fingerprint density at radius 3 is 2.46 bits per heavy atom. The number of hydrogen-bond acceptors (Lipinski definition) is 2. The highest BCUT2D eigenvalue weighted by Crippen LogP contribution is 2.29. The van der Waals surface area contributed by atoms with Crippen molar-refractivity contribution in [1.29, 1.82) is 0 Å². The zero-order valence-electron chi connectivity index (χ0n) is 14.5. The summed E-state index contributed by atoms with van der Waals surface area (Å²) in [6.07, 6.45) is 1.12. The second-order valence-electron chi connectivity index (χ2n) is 6.23. The minimum atomic E-state index is 0.492. The van der Waals surface area contributed by atoms with Crippen molar-refractivity contribution >= 4 is 10.8 Å². The molecule has 0 aliphatic heterocycles. The summed E-state index contributed by atoms with van der Waals surface area (Å²) in [5.41, 5.74) is 2.43. The summed E-state index contributed by atoms with van der Waals surface area (Å²) in [6.45, 7) is 5.83. The summed E-state index contributed by atoms with van der Waals surface area (Å²) in [7, 11) is 0. The van der Waals surface area contributed by atoms with Crippen molar-refractivity contribution < 1.29 is 4.74 Å². The van der Waals surface area contributed by atoms with E-state index in [4.69, 9.17) is 4.74 Å². The van der Waals surface area contributed by atoms with Gasteiger partial charge < -0.3 is 10.1 Å². The van der Waals surface area contributed by atoms with Gasteiger partial charge in [0.25, 0.3) is 0 Å². The Bertz CT molecular complexity index is 782. The minimum absolute atomic E-state index is 0.492. The highest BCUT2D eigenvalue weighted by Gasteiger charge is 2.10. The molecule has 124 valence electrons. The molecular weight excluding hydrogens is 294 g/mol. The molecule has 0 aliphatic rings. The maximum Gasteiger partial charge on any atom is 0.124 e. The molecular formula is C22H25NO. The van der Waals surface area contributed by atoms with E-state index in [0.29, 0.717) is 12.6 Å². The third-order valence-corrected chi connectivity index (χ3v) is 4.47. The van der Waals surface area contributed by atoms with Crippen LogP contribution in [-0.4, -0.2) is 6.04 Å². The van der Waals surface area contributed by atoms with E-state index in [1.807, 2.05) is 18.2 Å². The number of rotatable bonds is 7. The van der Waals surface area contributed by atoms with Gasteiger partial charge in [0.15, 0.2) is 0 Å². The Balaban J connectivity index is 1.87. The van der Waals surface area contributed by atoms with Crippen LogP contribution in [-0.2, 0) is 13.2 Å². The van der Waals surface area contributed by atoms with Crippen LogP contribution in [0.3, 0.4) is 0 Å². The first-order valence-corrected chi connectivity index (χ1v) is 8.68. The molecule has 0 heterocycles. The quantitative estimate of drug-likeness (QED) is 0.637. The number of hydrogen-bond donors (Lipinski definition) is 1. The fourth-order valence-corrected chi connectivity index (χ4v) is 2.79. The van der Waals surface area contributed by atoms with Crippen molar-refractivity contribution in [3.8, 4) is 5.75 Å². The second kappa shape index (κ2) is 7.98. The first-order valence-electron chi connectivity index (χ1n) is 8.68. The first-order chi connectivity index (χ1) is 11.8. The molecule has 24 heavy (non-hydrogen) atoms. The van der Waals surface area contributed by atoms with Crippen molar-refractivity contribution in [3.63, 3.8) is 0 Å². The predicted octanol–water partition coefficient (Wildman–Crippen LogP) is 5.31. The molecule has 2 heteroatoms. The molecule has 0 radical (unpaired) electrons. The van der Waals surface area contributed by atoms with Gasteiger partial charge in [-0.1, -0.05) is 67.6 Å². The largest absolute Gasteiger partial charge is 0.489 e. The number of fused-ring (bicyclic) bond motifs is 1. The molecule has 0 saturated carbocycles. The van der Waals surface area contributed by atoms with Crippen LogP contribution in [0.25, 0.3) is 10.8 Å². The van der Waals surface area contributed by atoms with Gasteiger partial charge in [-0.2, -0.15) is 0 Å². The Kier molecular flexibility index (Phi) is 5.50. The first kappa shape index (κ1) is 16.5. The molecule has 0 fully saturated rings. The molecule has 3 aromatic carbocycles. The molecule has 0 saturated heterocycles. The van der Waals surface area contributed by atoms with E-state index in [2.05, 4.69) is 67.7 Å². The topological polar surface area (TPSA) is 21.3 Å². The molecule has 1 N–H and O–H groups in total. The SMILES string of the molecule is CC[C@H](C)NCc1c(OCc2ccccc2)ccc2ccccc12. The minimum Gasteiger partial charge on any atom is -0.489 e. The lowest BCUT2D eigenvalue weighted by molar-refractivity contribution is 0.302. The van der Waals surface area contributed by atoms with E-state index in [1.165, 1.54) is 21.9 Å². The van der Waals surface area contributed by atoms with E-state index in [1.54, 1.807) is 0 Å². The van der Waals surface area contributed by atoms with Gasteiger partial charge in [-0.25, -0.2) is 0 Å². The van der Waals surface area contributed by atoms with E-state index < -0.39 is 0 Å². The molecule has 0 amide bonds. The summed E-state index contributed by atoms with van der Waals surface area (Å²) >= 11 is 0. The average Bonchev–Trinajstić information content (AvgIpc) is 2.65. The standard InChI is InChI=1S/C22H25NO/c1-3-17(2)23-15-21-20-12-8-7-11-19(20)13-14-22(21)24-16-18-9-5-4-6-10-18/h4-14,17,23H,3,15-16H2,1-2H3/t17-/m0/s1. The zero-order valence-corrected chi connectivity index (χ0v) is 14.5. The van der Waals surface area contributed by atoms with E-state index >= 15 is 0 Å². The van der Waals surface area contributed by atoms with Crippen LogP contribution in [0.4, 0.5) is 0 Å². The Morgan fingerprint density at radius 2 is 1.67 bits per heavy atom. The van der Waals surface area contributed by atoms with Crippen LogP contribution < -0.4 is 10.1 Å². The van der Waals surface area contributed by atoms with Crippen LogP contribution in [0.2, 0.25) is 0 Å². The Labute approximate surface area is 144 Å². The molecule has 2 nitrogen and oxygen atoms in total. The van der Waals surface area contributed by atoms with Gasteiger partial charge in [-0.15, -0.1) is 0 Å². The van der Waals surface area contributed by atoms with Crippen molar-refractivity contribution in [2.45, 2.75) is 39.5 Å². The summed E-state index contributed by atoms with van der Waals surface area (Å²) in [6, 6.07) is 23.6. The van der Waals surface area contributed by atoms with Gasteiger partial charge >= 0.3 is 0 Å². The molecule has 0 spiro atoms. The molecule has 0 unspecified atom stereocenters. The van der Waals surface area contributed by atoms with Gasteiger partial charge in [0, 0.05) is 18.2 Å². The van der Waals surface area contributed by atoms with Gasteiger partial charge in [0.05, 0.1) is 0 Å². The van der Waals surface area contributed by atoms with Gasteiger partial charge in [-0.05, 0) is 35.7 Å². The van der Waals surface area contributed by atoms with Gasteiger partial charge in [0.1, 0.15) is 12.4 Å². The maximum absolute atomic E-state index is 6.16. The van der Waals surface area contributed by atoms with Crippen molar-refractivity contribution in [2.24, 2.45) is 0 Å². The summed E-state index contributed by atoms with van der Waals surface area (Å²) in [5.74, 6) is 0.966. The lowest BCUT2D eigenvalue weighted by Crippen LogP contribution is -2.24. The second-order valence-corrected chi connectivity index (χ2v) is 6.23. The Hall–Kier alpha value is -2.32. The number of nitrogens with one attached hydrogen (secondary N) is 1. The normalized spacial score (nSPS) is 12.2. The third-order valence-electron chi connectivity index (χ3n) is 4.47. The molecule has 0 bridgehead atoms. The van der Waals surface area contributed by atoms with Crippen LogP contribution in [0.5, 0.6) is 5.75 Å². The number of benzene rings is 3. The van der Waals surface area contributed by atoms with E-state index in [0.717, 1.165) is 18.7 Å². The summed E-state index contributed by atoms with van der Waals surface area (Å²) in [5, 5.41) is 6.12. The fraction of sp³-hybridized carbons (Fsp3) is 0.273. The molecule has 3 rings (SSSR count). The molecule has 1 atom stereocenters. The van der Waals surface area contributed by atoms with Crippen LogP contribution in [0, 0.1) is 0 Å². The third kappa shape index (κ3) is 3.95.